The Balaban J connectivity index is 0.00000121. The van der Waals surface area contributed by atoms with Gasteiger partial charge in [0.2, 0.25) is 0 Å². The first-order valence-corrected chi connectivity index (χ1v) is 7.56. The normalized spacial score (nSPS) is 18.4. The fourth-order valence-corrected chi connectivity index (χ4v) is 2.32. The van der Waals surface area contributed by atoms with Crippen molar-refractivity contribution in [2.75, 3.05) is 33.2 Å². The lowest BCUT2D eigenvalue weighted by molar-refractivity contribution is 0.140. The molecule has 0 atom stereocenters. The summed E-state index contributed by atoms with van der Waals surface area (Å²) in [4.78, 5) is 5.04. The quantitative estimate of drug-likeness (QED) is 0.728. The van der Waals surface area contributed by atoms with Crippen molar-refractivity contribution in [2.45, 2.75) is 59.9 Å². The average molecular weight is 242 g/mol. The van der Waals surface area contributed by atoms with Gasteiger partial charge < -0.3 is 9.80 Å². The molecule has 2 heteroatoms. The minimum Gasteiger partial charge on any atom is -0.307 e. The SMILES string of the molecule is CC.CCN(C)CCC1CCN(C(C)C)CC1. The molecule has 104 valence electrons. The molecule has 0 spiro atoms. The van der Waals surface area contributed by atoms with Gasteiger partial charge in [-0.05, 0) is 72.3 Å². The largest absolute Gasteiger partial charge is 0.307 e. The summed E-state index contributed by atoms with van der Waals surface area (Å²) in [6.07, 6.45) is 4.22. The van der Waals surface area contributed by atoms with Crippen LogP contribution in [-0.4, -0.2) is 49.1 Å². The maximum absolute atomic E-state index is 2.61. The molecule has 17 heavy (non-hydrogen) atoms. The molecule has 0 saturated carbocycles. The summed E-state index contributed by atoms with van der Waals surface area (Å²) in [5.74, 6) is 0.981. The molecule has 0 amide bonds. The van der Waals surface area contributed by atoms with Gasteiger partial charge in [-0.3, -0.25) is 0 Å². The van der Waals surface area contributed by atoms with Crippen molar-refractivity contribution in [2.24, 2.45) is 5.92 Å². The fourth-order valence-electron chi connectivity index (χ4n) is 2.32. The van der Waals surface area contributed by atoms with Crippen LogP contribution in [-0.2, 0) is 0 Å². The minimum atomic E-state index is 0.740. The monoisotopic (exact) mass is 242 g/mol. The van der Waals surface area contributed by atoms with Crippen LogP contribution in [0.4, 0.5) is 0 Å². The van der Waals surface area contributed by atoms with E-state index in [2.05, 4.69) is 37.6 Å². The van der Waals surface area contributed by atoms with Gasteiger partial charge in [0.15, 0.2) is 0 Å². The molecule has 0 N–H and O–H groups in total. The molecule has 0 aromatic heterocycles. The number of nitrogens with zero attached hydrogens (tertiary/aromatic N) is 2. The van der Waals surface area contributed by atoms with Crippen molar-refractivity contribution in [1.29, 1.82) is 0 Å². The topological polar surface area (TPSA) is 6.48 Å². The maximum atomic E-state index is 2.61. The van der Waals surface area contributed by atoms with Gasteiger partial charge in [0.1, 0.15) is 0 Å². The second-order valence-corrected chi connectivity index (χ2v) is 5.26. The van der Waals surface area contributed by atoms with Crippen LogP contribution in [0.5, 0.6) is 0 Å². The summed E-state index contributed by atoms with van der Waals surface area (Å²) in [6, 6.07) is 0.740. The van der Waals surface area contributed by atoms with Crippen molar-refractivity contribution >= 4 is 0 Å². The van der Waals surface area contributed by atoms with Crippen molar-refractivity contribution < 1.29 is 0 Å². The van der Waals surface area contributed by atoms with Crippen molar-refractivity contribution in [3.05, 3.63) is 0 Å². The number of likely N-dealkylation sites (tertiary alicyclic amines) is 1. The Kier molecular flexibility index (Phi) is 9.85. The van der Waals surface area contributed by atoms with Gasteiger partial charge in [-0.25, -0.2) is 0 Å². The molecule has 0 unspecified atom stereocenters. The third-order valence-corrected chi connectivity index (χ3v) is 3.84. The van der Waals surface area contributed by atoms with Gasteiger partial charge in [0, 0.05) is 6.04 Å². The first-order valence-electron chi connectivity index (χ1n) is 7.56. The molecule has 1 rings (SSSR count). The van der Waals surface area contributed by atoms with Gasteiger partial charge in [0.05, 0.1) is 0 Å². The van der Waals surface area contributed by atoms with Gasteiger partial charge in [-0.15, -0.1) is 0 Å². The predicted octanol–water partition coefficient (Wildman–Crippen LogP) is 3.47. The summed E-state index contributed by atoms with van der Waals surface area (Å²) in [7, 11) is 2.23. The number of hydrogen-bond donors (Lipinski definition) is 0. The molecule has 0 aliphatic carbocycles. The van der Waals surface area contributed by atoms with Gasteiger partial charge in [-0.2, -0.15) is 0 Å². The van der Waals surface area contributed by atoms with E-state index in [4.69, 9.17) is 0 Å². The van der Waals surface area contributed by atoms with Crippen molar-refractivity contribution in [1.82, 2.24) is 9.80 Å². The smallest absolute Gasteiger partial charge is 0.00385 e. The van der Waals surface area contributed by atoms with Crippen LogP contribution in [0.1, 0.15) is 53.9 Å². The third-order valence-electron chi connectivity index (χ3n) is 3.84. The lowest BCUT2D eigenvalue weighted by Crippen LogP contribution is -2.39. The summed E-state index contributed by atoms with van der Waals surface area (Å²) in [6.45, 7) is 16.0. The lowest BCUT2D eigenvalue weighted by atomic mass is 9.93. The van der Waals surface area contributed by atoms with E-state index in [0.29, 0.717) is 0 Å². The van der Waals surface area contributed by atoms with E-state index in [1.807, 2.05) is 13.8 Å². The number of piperidine rings is 1. The molecule has 1 saturated heterocycles. The Morgan fingerprint density at radius 2 is 1.71 bits per heavy atom. The minimum absolute atomic E-state index is 0.740. The van der Waals surface area contributed by atoms with Crippen LogP contribution in [0.25, 0.3) is 0 Å². The lowest BCUT2D eigenvalue weighted by Gasteiger charge is -2.35. The second-order valence-electron chi connectivity index (χ2n) is 5.26. The predicted molar refractivity (Wildman–Crippen MR) is 78.6 cm³/mol. The van der Waals surface area contributed by atoms with Gasteiger partial charge >= 0.3 is 0 Å². The van der Waals surface area contributed by atoms with E-state index < -0.39 is 0 Å². The van der Waals surface area contributed by atoms with Crippen molar-refractivity contribution in [3.8, 4) is 0 Å². The molecule has 0 aromatic carbocycles. The first-order chi connectivity index (χ1) is 8.13. The summed E-state index contributed by atoms with van der Waals surface area (Å²) >= 11 is 0. The third kappa shape index (κ3) is 7.05. The number of hydrogen-bond acceptors (Lipinski definition) is 2. The Labute approximate surface area is 109 Å². The highest BCUT2D eigenvalue weighted by Crippen LogP contribution is 2.21. The Hall–Kier alpha value is -0.0800. The second kappa shape index (κ2) is 9.90. The molecular formula is C15H34N2. The average Bonchev–Trinajstić information content (AvgIpc) is 2.38. The Morgan fingerprint density at radius 3 is 2.12 bits per heavy atom. The van der Waals surface area contributed by atoms with E-state index in [1.165, 1.54) is 45.4 Å². The Morgan fingerprint density at radius 1 is 1.18 bits per heavy atom. The highest BCUT2D eigenvalue weighted by molar-refractivity contribution is 4.74. The zero-order valence-corrected chi connectivity index (χ0v) is 13.0. The highest BCUT2D eigenvalue weighted by atomic mass is 15.1. The summed E-state index contributed by atoms with van der Waals surface area (Å²) in [5.41, 5.74) is 0. The van der Waals surface area contributed by atoms with E-state index in [9.17, 15) is 0 Å². The molecule has 1 aliphatic rings. The van der Waals surface area contributed by atoms with Crippen LogP contribution < -0.4 is 0 Å². The molecule has 0 aromatic rings. The Bertz CT molecular complexity index is 160. The van der Waals surface area contributed by atoms with Crippen LogP contribution in [0.15, 0.2) is 0 Å². The van der Waals surface area contributed by atoms with Gasteiger partial charge in [-0.1, -0.05) is 20.8 Å². The van der Waals surface area contributed by atoms with Gasteiger partial charge in [0.25, 0.3) is 0 Å². The van der Waals surface area contributed by atoms with E-state index >= 15 is 0 Å². The molecule has 2 nitrogen and oxygen atoms in total. The molecule has 0 bridgehead atoms. The number of rotatable bonds is 5. The van der Waals surface area contributed by atoms with E-state index in [-0.39, 0.29) is 0 Å². The summed E-state index contributed by atoms with van der Waals surface area (Å²) in [5, 5.41) is 0. The summed E-state index contributed by atoms with van der Waals surface area (Å²) < 4.78 is 0. The zero-order chi connectivity index (χ0) is 13.3. The molecule has 1 heterocycles. The van der Waals surface area contributed by atoms with Crippen molar-refractivity contribution in [3.63, 3.8) is 0 Å². The fraction of sp³-hybridized carbons (Fsp3) is 1.00. The first kappa shape index (κ1) is 16.9. The highest BCUT2D eigenvalue weighted by Gasteiger charge is 2.20. The van der Waals surface area contributed by atoms with Crippen LogP contribution in [0, 0.1) is 5.92 Å². The van der Waals surface area contributed by atoms with Crippen LogP contribution >= 0.6 is 0 Å². The zero-order valence-electron chi connectivity index (χ0n) is 13.0. The van der Waals surface area contributed by atoms with E-state index in [1.54, 1.807) is 0 Å². The van der Waals surface area contributed by atoms with Crippen LogP contribution in [0.3, 0.4) is 0 Å². The molecular weight excluding hydrogens is 208 g/mol. The molecule has 0 radical (unpaired) electrons. The van der Waals surface area contributed by atoms with Crippen LogP contribution in [0.2, 0.25) is 0 Å². The van der Waals surface area contributed by atoms with E-state index in [0.717, 1.165) is 12.0 Å². The molecule has 1 fully saturated rings. The standard InChI is InChI=1S/C13H28N2.C2H6/c1-5-14(4)9-6-13-7-10-15(11-8-13)12(2)3;1-2/h12-13H,5-11H2,1-4H3;1-2H3. The maximum Gasteiger partial charge on any atom is 0.00385 e. The molecule has 1 aliphatic heterocycles.